The van der Waals surface area contributed by atoms with Crippen molar-refractivity contribution in [2.24, 2.45) is 0 Å². The van der Waals surface area contributed by atoms with Crippen molar-refractivity contribution in [3.8, 4) is 0 Å². The zero-order valence-corrected chi connectivity index (χ0v) is 14.5. The monoisotopic (exact) mass is 341 g/mol. The lowest BCUT2D eigenvalue weighted by molar-refractivity contribution is -0.154. The Morgan fingerprint density at radius 1 is 1.17 bits per heavy atom. The van der Waals surface area contributed by atoms with Gasteiger partial charge in [0.15, 0.2) is 9.84 Å². The molecule has 0 bridgehead atoms. The summed E-state index contributed by atoms with van der Waals surface area (Å²) in [5.41, 5.74) is -0.408. The summed E-state index contributed by atoms with van der Waals surface area (Å²) in [4.78, 5) is 24.1. The molecule has 1 N–H and O–H groups in total. The predicted molar refractivity (Wildman–Crippen MR) is 87.9 cm³/mol. The number of sulfone groups is 1. The van der Waals surface area contributed by atoms with Crippen LogP contribution < -0.4 is 0 Å². The zero-order chi connectivity index (χ0) is 17.7. The van der Waals surface area contributed by atoms with E-state index in [0.29, 0.717) is 12.8 Å². The second kappa shape index (κ2) is 7.59. The number of rotatable bonds is 8. The summed E-state index contributed by atoms with van der Waals surface area (Å²) >= 11 is 0. The number of hydrogen-bond acceptors (Lipinski definition) is 4. The summed E-state index contributed by atoms with van der Waals surface area (Å²) in [6.07, 6.45) is 1.04. The van der Waals surface area contributed by atoms with Crippen molar-refractivity contribution in [3.63, 3.8) is 0 Å². The standard InChI is InChI=1S/C16H23NO5S/c1-16(2,15(19)20)17(3)14(18)12-23(21,22)11-7-10-13-8-5-4-6-9-13/h4-6,8-9H,7,10-12H2,1-3H3,(H,19,20). The number of carboxylic acids is 1. The van der Waals surface area contributed by atoms with Gasteiger partial charge in [-0.15, -0.1) is 0 Å². The number of amides is 1. The minimum Gasteiger partial charge on any atom is -0.480 e. The number of nitrogens with zero attached hydrogens (tertiary/aromatic N) is 1. The maximum atomic E-state index is 12.0. The van der Waals surface area contributed by atoms with E-state index in [0.717, 1.165) is 10.5 Å². The molecule has 128 valence electrons. The average Bonchev–Trinajstić information content (AvgIpc) is 2.46. The molecule has 0 saturated heterocycles. The number of carboxylic acid groups (broad SMARTS) is 1. The first-order chi connectivity index (χ1) is 10.6. The predicted octanol–water partition coefficient (Wildman–Crippen LogP) is 1.36. The smallest absolute Gasteiger partial charge is 0.329 e. The van der Waals surface area contributed by atoms with Crippen LogP contribution in [0.3, 0.4) is 0 Å². The maximum Gasteiger partial charge on any atom is 0.329 e. The quantitative estimate of drug-likeness (QED) is 0.771. The molecule has 0 aliphatic carbocycles. The number of carbonyl (C=O) groups is 2. The molecular weight excluding hydrogens is 318 g/mol. The Kier molecular flexibility index (Phi) is 6.32. The van der Waals surface area contributed by atoms with Crippen LogP contribution in [0.4, 0.5) is 0 Å². The van der Waals surface area contributed by atoms with E-state index in [9.17, 15) is 18.0 Å². The summed E-state index contributed by atoms with van der Waals surface area (Å²) < 4.78 is 24.1. The Morgan fingerprint density at radius 3 is 2.26 bits per heavy atom. The summed E-state index contributed by atoms with van der Waals surface area (Å²) in [5, 5.41) is 9.08. The zero-order valence-electron chi connectivity index (χ0n) is 13.7. The number of aliphatic carboxylic acids is 1. The van der Waals surface area contributed by atoms with E-state index in [4.69, 9.17) is 5.11 Å². The molecule has 0 aliphatic heterocycles. The van der Waals surface area contributed by atoms with Crippen molar-refractivity contribution in [1.29, 1.82) is 0 Å². The van der Waals surface area contributed by atoms with Gasteiger partial charge in [-0.25, -0.2) is 13.2 Å². The van der Waals surface area contributed by atoms with E-state index >= 15 is 0 Å². The summed E-state index contributed by atoms with van der Waals surface area (Å²) in [7, 11) is -2.26. The van der Waals surface area contributed by atoms with Gasteiger partial charge in [-0.2, -0.15) is 0 Å². The molecule has 0 spiro atoms. The van der Waals surface area contributed by atoms with E-state index in [1.54, 1.807) is 0 Å². The molecule has 1 aromatic carbocycles. The lowest BCUT2D eigenvalue weighted by atomic mass is 10.0. The van der Waals surface area contributed by atoms with E-state index in [2.05, 4.69) is 0 Å². The molecule has 1 amide bonds. The third kappa shape index (κ3) is 5.67. The Labute approximate surface area is 137 Å². The highest BCUT2D eigenvalue weighted by molar-refractivity contribution is 7.92. The van der Waals surface area contributed by atoms with E-state index < -0.39 is 33.0 Å². The van der Waals surface area contributed by atoms with Crippen LogP contribution in [-0.4, -0.2) is 54.4 Å². The molecular formula is C16H23NO5S. The Morgan fingerprint density at radius 2 is 1.74 bits per heavy atom. The van der Waals surface area contributed by atoms with E-state index in [-0.39, 0.29) is 5.75 Å². The fraction of sp³-hybridized carbons (Fsp3) is 0.500. The van der Waals surface area contributed by atoms with Gasteiger partial charge in [-0.1, -0.05) is 30.3 Å². The van der Waals surface area contributed by atoms with E-state index in [1.165, 1.54) is 20.9 Å². The summed E-state index contributed by atoms with van der Waals surface area (Å²) in [5.74, 6) is -2.67. The third-order valence-corrected chi connectivity index (χ3v) is 5.44. The van der Waals surface area contributed by atoms with Gasteiger partial charge < -0.3 is 10.0 Å². The fourth-order valence-electron chi connectivity index (χ4n) is 1.95. The SMILES string of the molecule is CN(C(=O)CS(=O)(=O)CCCc1ccccc1)C(C)(C)C(=O)O. The molecule has 0 heterocycles. The van der Waals surface area contributed by atoms with Crippen LogP contribution in [0.25, 0.3) is 0 Å². The van der Waals surface area contributed by atoms with Crippen LogP contribution in [0.15, 0.2) is 30.3 Å². The first-order valence-corrected chi connectivity index (χ1v) is 9.13. The molecule has 0 aromatic heterocycles. The molecule has 0 saturated carbocycles. The van der Waals surface area contributed by atoms with Crippen molar-refractivity contribution in [3.05, 3.63) is 35.9 Å². The van der Waals surface area contributed by atoms with Crippen molar-refractivity contribution < 1.29 is 23.1 Å². The molecule has 7 heteroatoms. The van der Waals surface area contributed by atoms with Crippen molar-refractivity contribution in [2.45, 2.75) is 32.2 Å². The third-order valence-electron chi connectivity index (χ3n) is 3.84. The highest BCUT2D eigenvalue weighted by atomic mass is 32.2. The maximum absolute atomic E-state index is 12.0. The van der Waals surface area contributed by atoms with Gasteiger partial charge in [0.1, 0.15) is 11.3 Å². The number of benzene rings is 1. The Bertz CT molecular complexity index is 652. The van der Waals surface area contributed by atoms with Gasteiger partial charge in [-0.3, -0.25) is 4.79 Å². The molecule has 0 radical (unpaired) electrons. The number of carbonyl (C=O) groups excluding carboxylic acids is 1. The topological polar surface area (TPSA) is 91.8 Å². The van der Waals surface area contributed by atoms with Gasteiger partial charge in [-0.05, 0) is 32.3 Å². The summed E-state index contributed by atoms with van der Waals surface area (Å²) in [6.45, 7) is 2.71. The molecule has 0 fully saturated rings. The van der Waals surface area contributed by atoms with Crippen LogP contribution in [-0.2, 0) is 25.8 Å². The highest BCUT2D eigenvalue weighted by Gasteiger charge is 2.36. The van der Waals surface area contributed by atoms with Gasteiger partial charge in [0, 0.05) is 7.05 Å². The Hall–Kier alpha value is -1.89. The first-order valence-electron chi connectivity index (χ1n) is 7.30. The lowest BCUT2D eigenvalue weighted by Crippen LogP contribution is -2.52. The number of hydrogen-bond donors (Lipinski definition) is 1. The van der Waals surface area contributed by atoms with Gasteiger partial charge in [0.2, 0.25) is 5.91 Å². The highest BCUT2D eigenvalue weighted by Crippen LogP contribution is 2.14. The first kappa shape index (κ1) is 19.2. The normalized spacial score (nSPS) is 12.0. The summed E-state index contributed by atoms with van der Waals surface area (Å²) in [6, 6.07) is 9.49. The van der Waals surface area contributed by atoms with Crippen LogP contribution in [0.1, 0.15) is 25.8 Å². The molecule has 0 aliphatic rings. The van der Waals surface area contributed by atoms with Gasteiger partial charge in [0.25, 0.3) is 0 Å². The van der Waals surface area contributed by atoms with Crippen molar-refractivity contribution >= 4 is 21.7 Å². The lowest BCUT2D eigenvalue weighted by Gasteiger charge is -2.31. The molecule has 1 aromatic rings. The van der Waals surface area contributed by atoms with Gasteiger partial charge in [0.05, 0.1) is 5.75 Å². The van der Waals surface area contributed by atoms with Crippen LogP contribution in [0, 0.1) is 0 Å². The molecule has 23 heavy (non-hydrogen) atoms. The fourth-order valence-corrected chi connectivity index (χ4v) is 3.25. The van der Waals surface area contributed by atoms with Crippen LogP contribution in [0.5, 0.6) is 0 Å². The van der Waals surface area contributed by atoms with Crippen molar-refractivity contribution in [1.82, 2.24) is 4.90 Å². The molecule has 6 nitrogen and oxygen atoms in total. The van der Waals surface area contributed by atoms with E-state index in [1.807, 2.05) is 30.3 Å². The second-order valence-corrected chi connectivity index (χ2v) is 8.18. The number of aryl methyl sites for hydroxylation is 1. The average molecular weight is 341 g/mol. The molecule has 0 unspecified atom stereocenters. The molecule has 1 rings (SSSR count). The minimum absolute atomic E-state index is 0.102. The molecule has 0 atom stereocenters. The largest absolute Gasteiger partial charge is 0.480 e. The minimum atomic E-state index is -3.57. The van der Waals surface area contributed by atoms with Crippen molar-refractivity contribution in [2.75, 3.05) is 18.6 Å². The van der Waals surface area contributed by atoms with Crippen LogP contribution in [0.2, 0.25) is 0 Å². The van der Waals surface area contributed by atoms with Crippen LogP contribution >= 0.6 is 0 Å². The van der Waals surface area contributed by atoms with Gasteiger partial charge >= 0.3 is 5.97 Å². The number of likely N-dealkylation sites (N-methyl/N-ethyl adjacent to an activating group) is 1. The second-order valence-electron chi connectivity index (χ2n) is 6.00. The Balaban J connectivity index is 2.57.